The van der Waals surface area contributed by atoms with E-state index in [4.69, 9.17) is 4.74 Å². The van der Waals surface area contributed by atoms with Crippen LogP contribution in [0.4, 0.5) is 0 Å². The van der Waals surface area contributed by atoms with Gasteiger partial charge in [0, 0.05) is 0 Å². The van der Waals surface area contributed by atoms with Gasteiger partial charge in [0.15, 0.2) is 0 Å². The van der Waals surface area contributed by atoms with Gasteiger partial charge < -0.3 is 4.74 Å². The van der Waals surface area contributed by atoms with Crippen LogP contribution >= 0.6 is 0 Å². The van der Waals surface area contributed by atoms with E-state index in [0.717, 1.165) is 54.8 Å². The smallest absolute Gasteiger partial charge is 0.293 e. The maximum absolute atomic E-state index is 11.4. The summed E-state index contributed by atoms with van der Waals surface area (Å²) in [6.45, 7) is 5.45. The molecule has 2 nitrogen and oxygen atoms in total. The molecule has 5 aliphatic rings. The second-order valence-electron chi connectivity index (χ2n) is 18.4. The van der Waals surface area contributed by atoms with Crippen LogP contribution in [0.1, 0.15) is 226 Å². The van der Waals surface area contributed by atoms with Crippen LogP contribution in [-0.4, -0.2) is 12.6 Å². The molecule has 0 heterocycles. The quantitative estimate of drug-likeness (QED) is 0.109. The molecular weight excluding hydrogens is 572 g/mol. The normalized spacial score (nSPS) is 34.5. The Morgan fingerprint density at radius 3 is 1.64 bits per heavy atom. The van der Waals surface area contributed by atoms with Gasteiger partial charge in [0.2, 0.25) is 0 Å². The summed E-state index contributed by atoms with van der Waals surface area (Å²) in [6.07, 6.45) is 48.4. The third kappa shape index (κ3) is 10.3. The van der Waals surface area contributed by atoms with Gasteiger partial charge in [0.1, 0.15) is 6.10 Å². The van der Waals surface area contributed by atoms with Crippen LogP contribution in [0.5, 0.6) is 0 Å². The number of ether oxygens (including phenoxy) is 1. The highest BCUT2D eigenvalue weighted by molar-refractivity contribution is 5.37. The summed E-state index contributed by atoms with van der Waals surface area (Å²) >= 11 is 0. The van der Waals surface area contributed by atoms with E-state index in [-0.39, 0.29) is 6.10 Å². The number of unbranched alkanes of at least 4 members (excludes halogenated alkanes) is 6. The molecule has 0 N–H and O–H groups in total. The predicted molar refractivity (Wildman–Crippen MR) is 200 cm³/mol. The van der Waals surface area contributed by atoms with Gasteiger partial charge in [-0.25, -0.2) is 0 Å². The Bertz CT molecular complexity index is 828. The van der Waals surface area contributed by atoms with Crippen molar-refractivity contribution in [2.75, 3.05) is 0 Å². The highest BCUT2D eigenvalue weighted by atomic mass is 16.5. The van der Waals surface area contributed by atoms with E-state index >= 15 is 0 Å². The van der Waals surface area contributed by atoms with Crippen LogP contribution in [0.2, 0.25) is 0 Å². The third-order valence-corrected chi connectivity index (χ3v) is 15.8. The fraction of sp³-hybridized carbons (Fsp3) is 0.978. The van der Waals surface area contributed by atoms with Gasteiger partial charge in [0.05, 0.1) is 0 Å². The van der Waals surface area contributed by atoms with Crippen LogP contribution in [0.25, 0.3) is 0 Å². The van der Waals surface area contributed by atoms with Gasteiger partial charge in [-0.15, -0.1) is 0 Å². The number of hydrogen-bond acceptors (Lipinski definition) is 2. The topological polar surface area (TPSA) is 26.3 Å². The van der Waals surface area contributed by atoms with Crippen LogP contribution in [0.3, 0.4) is 0 Å². The fourth-order valence-corrected chi connectivity index (χ4v) is 13.1. The molecule has 1 unspecified atom stereocenters. The van der Waals surface area contributed by atoms with Crippen molar-refractivity contribution in [3.63, 3.8) is 0 Å². The van der Waals surface area contributed by atoms with Gasteiger partial charge in [0.25, 0.3) is 6.47 Å². The second-order valence-corrected chi connectivity index (χ2v) is 18.4. The van der Waals surface area contributed by atoms with Crippen LogP contribution in [0.15, 0.2) is 0 Å². The van der Waals surface area contributed by atoms with Gasteiger partial charge >= 0.3 is 0 Å². The average Bonchev–Trinajstić information content (AvgIpc) is 3.13. The molecule has 5 saturated carbocycles. The minimum Gasteiger partial charge on any atom is -0.465 e. The summed E-state index contributed by atoms with van der Waals surface area (Å²) in [5, 5.41) is 0. The lowest BCUT2D eigenvalue weighted by molar-refractivity contribution is -0.138. The molecule has 0 aliphatic heterocycles. The van der Waals surface area contributed by atoms with Crippen molar-refractivity contribution in [1.82, 2.24) is 0 Å². The number of rotatable bonds is 18. The third-order valence-electron chi connectivity index (χ3n) is 15.8. The standard InChI is InChI=1S/C45H80O2/c1-3-5-7-11-17-37-21-25-40(26-22-37)44(33-29-42(30-34-44)47-36-46)35-43(39-19-13-9-14-20-39)45(31-15-10-16-32-45)41-27-23-38(24-28-41)18-12-8-6-4-2/h36-43H,3-35H2,1-2H3. The van der Waals surface area contributed by atoms with Crippen molar-refractivity contribution >= 4 is 6.47 Å². The summed E-state index contributed by atoms with van der Waals surface area (Å²) < 4.78 is 5.67. The maximum atomic E-state index is 11.4. The zero-order valence-corrected chi connectivity index (χ0v) is 31.8. The maximum Gasteiger partial charge on any atom is 0.293 e. The van der Waals surface area contributed by atoms with E-state index in [2.05, 4.69) is 13.8 Å². The molecule has 0 aromatic heterocycles. The lowest BCUT2D eigenvalue weighted by Gasteiger charge is -2.58. The molecule has 0 aromatic rings. The first kappa shape index (κ1) is 37.7. The Hall–Kier alpha value is -0.530. The van der Waals surface area contributed by atoms with E-state index < -0.39 is 0 Å². The second kappa shape index (κ2) is 19.8. The van der Waals surface area contributed by atoms with E-state index in [0.29, 0.717) is 10.8 Å². The largest absolute Gasteiger partial charge is 0.465 e. The summed E-state index contributed by atoms with van der Waals surface area (Å²) in [5.74, 6) is 5.85. The number of hydrogen-bond donors (Lipinski definition) is 0. The fourth-order valence-electron chi connectivity index (χ4n) is 13.1. The molecule has 47 heavy (non-hydrogen) atoms. The molecule has 2 heteroatoms. The van der Waals surface area contributed by atoms with Gasteiger partial charge in [-0.2, -0.15) is 0 Å². The van der Waals surface area contributed by atoms with E-state index in [1.54, 1.807) is 25.7 Å². The Kier molecular flexibility index (Phi) is 15.9. The molecule has 0 radical (unpaired) electrons. The first-order valence-electron chi connectivity index (χ1n) is 22.2. The molecule has 5 rings (SSSR count). The Morgan fingerprint density at radius 2 is 1.11 bits per heavy atom. The summed E-state index contributed by atoms with van der Waals surface area (Å²) in [5.41, 5.74) is 1.12. The molecule has 5 aliphatic carbocycles. The molecule has 272 valence electrons. The minimum atomic E-state index is 0.180. The first-order valence-corrected chi connectivity index (χ1v) is 22.2. The van der Waals surface area contributed by atoms with Crippen molar-refractivity contribution < 1.29 is 9.53 Å². The molecule has 0 amide bonds. The first-order chi connectivity index (χ1) is 23.1. The van der Waals surface area contributed by atoms with E-state index in [9.17, 15) is 4.79 Å². The van der Waals surface area contributed by atoms with Gasteiger partial charge in [-0.05, 0) is 117 Å². The lowest BCUT2D eigenvalue weighted by Crippen LogP contribution is -2.49. The molecule has 1 atom stereocenters. The lowest BCUT2D eigenvalue weighted by atomic mass is 9.47. The molecule has 0 aromatic carbocycles. The monoisotopic (exact) mass is 653 g/mol. The van der Waals surface area contributed by atoms with E-state index in [1.165, 1.54) is 173 Å². The van der Waals surface area contributed by atoms with Gasteiger partial charge in [-0.1, -0.05) is 155 Å². The number of carbonyl (C=O) groups excluding carboxylic acids is 1. The predicted octanol–water partition coefficient (Wildman–Crippen LogP) is 14.2. The molecular formula is C45H80O2. The van der Waals surface area contributed by atoms with Crippen molar-refractivity contribution in [1.29, 1.82) is 0 Å². The van der Waals surface area contributed by atoms with Crippen LogP contribution in [-0.2, 0) is 9.53 Å². The van der Waals surface area contributed by atoms with Crippen LogP contribution < -0.4 is 0 Å². The van der Waals surface area contributed by atoms with Crippen molar-refractivity contribution in [2.24, 2.45) is 46.3 Å². The Balaban J connectivity index is 1.35. The number of carbonyl (C=O) groups is 1. The van der Waals surface area contributed by atoms with E-state index in [1.807, 2.05) is 0 Å². The van der Waals surface area contributed by atoms with Gasteiger partial charge in [-0.3, -0.25) is 4.79 Å². The molecule has 5 fully saturated rings. The summed E-state index contributed by atoms with van der Waals surface area (Å²) in [4.78, 5) is 11.4. The zero-order valence-electron chi connectivity index (χ0n) is 31.8. The van der Waals surface area contributed by atoms with Crippen molar-refractivity contribution in [3.8, 4) is 0 Å². The molecule has 0 spiro atoms. The van der Waals surface area contributed by atoms with Crippen molar-refractivity contribution in [2.45, 2.75) is 232 Å². The Morgan fingerprint density at radius 1 is 0.574 bits per heavy atom. The summed E-state index contributed by atoms with van der Waals surface area (Å²) in [6, 6.07) is 0. The SMILES string of the molecule is CCCCCCC1CCC(C2(CC(C3CCCCC3)C3(C4CCC(CCCCCC)CC4)CCCCC3)CCC(OC=O)CC2)CC1. The minimum absolute atomic E-state index is 0.180. The zero-order chi connectivity index (χ0) is 32.8. The highest BCUT2D eigenvalue weighted by Gasteiger charge is 2.53. The average molecular weight is 653 g/mol. The molecule has 0 bridgehead atoms. The highest BCUT2D eigenvalue weighted by Crippen LogP contribution is 2.63. The van der Waals surface area contributed by atoms with Crippen LogP contribution in [0, 0.1) is 46.3 Å². The molecule has 0 saturated heterocycles. The summed E-state index contributed by atoms with van der Waals surface area (Å²) in [7, 11) is 0. The Labute approximate surface area is 293 Å². The van der Waals surface area contributed by atoms with Crippen molar-refractivity contribution in [3.05, 3.63) is 0 Å².